The Bertz CT molecular complexity index is 460. The van der Waals surface area contributed by atoms with Gasteiger partial charge in [-0.15, -0.1) is 0 Å². The van der Waals surface area contributed by atoms with Gasteiger partial charge in [0.2, 0.25) is 5.91 Å². The van der Waals surface area contributed by atoms with Crippen molar-refractivity contribution in [1.29, 1.82) is 0 Å². The van der Waals surface area contributed by atoms with E-state index < -0.39 is 0 Å². The number of hydrogen-bond acceptors (Lipinski definition) is 2. The number of carbonyl (C=O) groups excluding carboxylic acids is 1. The third kappa shape index (κ3) is 3.48. The number of carbonyl (C=O) groups is 1. The van der Waals surface area contributed by atoms with Crippen molar-refractivity contribution < 1.29 is 9.53 Å². The lowest BCUT2D eigenvalue weighted by Crippen LogP contribution is -2.41. The second kappa shape index (κ2) is 6.92. The number of halogens is 1. The van der Waals surface area contributed by atoms with Crippen LogP contribution in [0, 0.1) is 6.92 Å². The topological polar surface area (TPSA) is 29.5 Å². The van der Waals surface area contributed by atoms with E-state index in [1.54, 1.807) is 18.9 Å². The Hall–Kier alpha value is -1.06. The SMILES string of the molecule is CCc1c(Cl)ccc(C)c1N(C(C)=O)[C@H](C)COC. The number of amides is 1. The van der Waals surface area contributed by atoms with Crippen LogP contribution in [-0.2, 0) is 16.0 Å². The molecule has 0 fully saturated rings. The Morgan fingerprint density at radius 2 is 2.11 bits per heavy atom. The summed E-state index contributed by atoms with van der Waals surface area (Å²) in [5.74, 6) is 0.00427. The fourth-order valence-corrected chi connectivity index (χ4v) is 2.69. The van der Waals surface area contributed by atoms with Gasteiger partial charge in [-0.1, -0.05) is 24.6 Å². The monoisotopic (exact) mass is 283 g/mol. The number of methoxy groups -OCH3 is 1. The first-order valence-corrected chi connectivity index (χ1v) is 6.88. The lowest BCUT2D eigenvalue weighted by Gasteiger charge is -2.31. The molecule has 106 valence electrons. The van der Waals surface area contributed by atoms with Crippen LogP contribution in [0.25, 0.3) is 0 Å². The van der Waals surface area contributed by atoms with Crippen LogP contribution < -0.4 is 4.90 Å². The maximum absolute atomic E-state index is 12.0. The van der Waals surface area contributed by atoms with Crippen molar-refractivity contribution in [3.8, 4) is 0 Å². The lowest BCUT2D eigenvalue weighted by molar-refractivity contribution is -0.117. The van der Waals surface area contributed by atoms with Gasteiger partial charge in [-0.05, 0) is 37.5 Å². The molecule has 1 aromatic carbocycles. The zero-order valence-corrected chi connectivity index (χ0v) is 13.0. The molecule has 1 amide bonds. The Morgan fingerprint density at radius 1 is 1.47 bits per heavy atom. The molecule has 0 spiro atoms. The zero-order chi connectivity index (χ0) is 14.6. The minimum atomic E-state index is -0.0232. The second-order valence-electron chi connectivity index (χ2n) is 4.74. The Labute approximate surface area is 120 Å². The first-order chi connectivity index (χ1) is 8.93. The van der Waals surface area contributed by atoms with Gasteiger partial charge in [0.15, 0.2) is 0 Å². The van der Waals surface area contributed by atoms with Gasteiger partial charge in [0.25, 0.3) is 0 Å². The fourth-order valence-electron chi connectivity index (χ4n) is 2.40. The summed E-state index contributed by atoms with van der Waals surface area (Å²) < 4.78 is 5.17. The van der Waals surface area contributed by atoms with E-state index in [-0.39, 0.29) is 11.9 Å². The molecule has 1 rings (SSSR count). The van der Waals surface area contributed by atoms with Crippen molar-refractivity contribution in [1.82, 2.24) is 0 Å². The maximum atomic E-state index is 12.0. The van der Waals surface area contributed by atoms with Gasteiger partial charge in [0, 0.05) is 19.1 Å². The van der Waals surface area contributed by atoms with E-state index in [9.17, 15) is 4.79 Å². The Balaban J connectivity index is 3.37. The summed E-state index contributed by atoms with van der Waals surface area (Å²) in [6, 6.07) is 3.81. The van der Waals surface area contributed by atoms with Crippen LogP contribution in [0.4, 0.5) is 5.69 Å². The van der Waals surface area contributed by atoms with Gasteiger partial charge < -0.3 is 9.64 Å². The third-order valence-electron chi connectivity index (χ3n) is 3.21. The average molecular weight is 284 g/mol. The van der Waals surface area contributed by atoms with Crippen LogP contribution in [-0.4, -0.2) is 25.7 Å². The van der Waals surface area contributed by atoms with Gasteiger partial charge in [-0.25, -0.2) is 0 Å². The molecule has 0 radical (unpaired) electrons. The summed E-state index contributed by atoms with van der Waals surface area (Å²) in [5, 5.41) is 0.707. The predicted octanol–water partition coefficient (Wildman–Crippen LogP) is 3.60. The normalized spacial score (nSPS) is 12.3. The standard InChI is InChI=1S/C15H22ClNO2/c1-6-13-14(16)8-7-10(2)15(13)17(12(4)18)11(3)9-19-5/h7-8,11H,6,9H2,1-5H3/t11-/m1/s1. The number of aryl methyl sites for hydroxylation is 1. The van der Waals surface area contributed by atoms with Crippen LogP contribution in [0.3, 0.4) is 0 Å². The molecule has 0 aliphatic rings. The van der Waals surface area contributed by atoms with Gasteiger partial charge in [0.05, 0.1) is 18.3 Å². The number of nitrogens with zero attached hydrogens (tertiary/aromatic N) is 1. The Morgan fingerprint density at radius 3 is 2.58 bits per heavy atom. The number of anilines is 1. The number of benzene rings is 1. The second-order valence-corrected chi connectivity index (χ2v) is 5.15. The van der Waals surface area contributed by atoms with Gasteiger partial charge in [0.1, 0.15) is 0 Å². The third-order valence-corrected chi connectivity index (χ3v) is 3.56. The van der Waals surface area contributed by atoms with Crippen LogP contribution >= 0.6 is 11.6 Å². The summed E-state index contributed by atoms with van der Waals surface area (Å²) in [6.45, 7) is 8.09. The van der Waals surface area contributed by atoms with Gasteiger partial charge in [-0.3, -0.25) is 4.79 Å². The molecule has 1 aromatic rings. The van der Waals surface area contributed by atoms with Crippen LogP contribution in [0.5, 0.6) is 0 Å². The zero-order valence-electron chi connectivity index (χ0n) is 12.3. The van der Waals surface area contributed by atoms with E-state index in [4.69, 9.17) is 16.3 Å². The van der Waals surface area contributed by atoms with E-state index in [2.05, 4.69) is 0 Å². The molecule has 1 atom stereocenters. The van der Waals surface area contributed by atoms with Crippen LogP contribution in [0.15, 0.2) is 12.1 Å². The molecular weight excluding hydrogens is 262 g/mol. The molecule has 0 saturated carbocycles. The molecule has 0 aliphatic heterocycles. The number of hydrogen-bond donors (Lipinski definition) is 0. The smallest absolute Gasteiger partial charge is 0.224 e. The summed E-state index contributed by atoms with van der Waals surface area (Å²) in [4.78, 5) is 13.8. The van der Waals surface area contributed by atoms with Gasteiger partial charge >= 0.3 is 0 Å². The first kappa shape index (κ1) is 16.0. The van der Waals surface area contributed by atoms with E-state index in [0.717, 1.165) is 23.2 Å². The summed E-state index contributed by atoms with van der Waals surface area (Å²) in [6.07, 6.45) is 0.791. The molecule has 0 aliphatic carbocycles. The predicted molar refractivity (Wildman–Crippen MR) is 80.1 cm³/mol. The van der Waals surface area contributed by atoms with E-state index in [1.165, 1.54) is 0 Å². The molecule has 0 N–H and O–H groups in total. The van der Waals surface area contributed by atoms with Crippen LogP contribution in [0.1, 0.15) is 31.9 Å². The highest BCUT2D eigenvalue weighted by Gasteiger charge is 2.23. The lowest BCUT2D eigenvalue weighted by atomic mass is 10.0. The minimum absolute atomic E-state index is 0.00427. The van der Waals surface area contributed by atoms with Gasteiger partial charge in [-0.2, -0.15) is 0 Å². The highest BCUT2D eigenvalue weighted by Crippen LogP contribution is 2.33. The molecule has 0 aromatic heterocycles. The van der Waals surface area contributed by atoms with Crippen molar-refractivity contribution in [3.63, 3.8) is 0 Å². The molecule has 3 nitrogen and oxygen atoms in total. The molecule has 4 heteroatoms. The van der Waals surface area contributed by atoms with Crippen LogP contribution in [0.2, 0.25) is 5.02 Å². The summed E-state index contributed by atoms with van der Waals surface area (Å²) in [7, 11) is 1.64. The van der Waals surface area contributed by atoms with Crippen molar-refractivity contribution in [2.45, 2.75) is 40.2 Å². The molecule has 0 heterocycles. The van der Waals surface area contributed by atoms with Crippen molar-refractivity contribution in [2.24, 2.45) is 0 Å². The van der Waals surface area contributed by atoms with E-state index in [0.29, 0.717) is 11.6 Å². The first-order valence-electron chi connectivity index (χ1n) is 6.50. The van der Waals surface area contributed by atoms with E-state index in [1.807, 2.05) is 32.9 Å². The van der Waals surface area contributed by atoms with Crippen molar-refractivity contribution in [2.75, 3.05) is 18.6 Å². The number of rotatable bonds is 5. The van der Waals surface area contributed by atoms with Crippen molar-refractivity contribution >= 4 is 23.2 Å². The van der Waals surface area contributed by atoms with Crippen molar-refractivity contribution in [3.05, 3.63) is 28.3 Å². The molecule has 0 saturated heterocycles. The maximum Gasteiger partial charge on any atom is 0.224 e. The molecule has 0 unspecified atom stereocenters. The van der Waals surface area contributed by atoms with E-state index >= 15 is 0 Å². The minimum Gasteiger partial charge on any atom is -0.383 e. The Kier molecular flexibility index (Phi) is 5.83. The highest BCUT2D eigenvalue weighted by atomic mass is 35.5. The molecule has 0 bridgehead atoms. The number of ether oxygens (including phenoxy) is 1. The summed E-state index contributed by atoms with van der Waals surface area (Å²) in [5.41, 5.74) is 2.99. The molecule has 19 heavy (non-hydrogen) atoms. The quantitative estimate of drug-likeness (QED) is 0.826. The fraction of sp³-hybridized carbons (Fsp3) is 0.533. The largest absolute Gasteiger partial charge is 0.383 e. The highest BCUT2D eigenvalue weighted by molar-refractivity contribution is 6.32. The summed E-state index contributed by atoms with van der Waals surface area (Å²) >= 11 is 6.26. The molecular formula is C15H22ClNO2. The average Bonchev–Trinajstić information content (AvgIpc) is 2.34.